The van der Waals surface area contributed by atoms with E-state index in [1.54, 1.807) is 0 Å². The van der Waals surface area contributed by atoms with Crippen molar-refractivity contribution in [1.29, 1.82) is 0 Å². The van der Waals surface area contributed by atoms with E-state index < -0.39 is 0 Å². The molecule has 0 N–H and O–H groups in total. The second-order valence-electron chi connectivity index (χ2n) is 13.4. The number of nitrogens with zero attached hydrogens (tertiary/aromatic N) is 2. The molecule has 0 atom stereocenters. The zero-order valence-electron chi connectivity index (χ0n) is 27.6. The fourth-order valence-corrected chi connectivity index (χ4v) is 8.56. The highest BCUT2D eigenvalue weighted by Gasteiger charge is 2.22. The molecule has 2 aromatic heterocycles. The van der Waals surface area contributed by atoms with Gasteiger partial charge in [-0.3, -0.25) is 0 Å². The Kier molecular flexibility index (Phi) is 5.58. The van der Waals surface area contributed by atoms with Crippen LogP contribution in [-0.2, 0) is 0 Å². The lowest BCUT2D eigenvalue weighted by atomic mass is 9.99. The average Bonchev–Trinajstić information content (AvgIpc) is 3.55. The number of hydrogen-bond acceptors (Lipinski definition) is 0. The zero-order chi connectivity index (χ0) is 32.3. The van der Waals surface area contributed by atoms with Gasteiger partial charge in [0, 0.05) is 43.7 Å². The molecule has 228 valence electrons. The zero-order valence-corrected chi connectivity index (χ0v) is 27.6. The maximum atomic E-state index is 2.53. The SMILES string of the molecule is Cc1c(C)n(-c2cc3ccccc3c3ccccc23)c2c1ccc1c2ccc2c(C)c(C)n(-c3cc4ccccc4c4ccccc34)c21. The van der Waals surface area contributed by atoms with Crippen molar-refractivity contribution in [3.8, 4) is 11.4 Å². The fourth-order valence-electron chi connectivity index (χ4n) is 8.56. The van der Waals surface area contributed by atoms with Crippen LogP contribution in [0, 0.1) is 27.7 Å². The highest BCUT2D eigenvalue weighted by atomic mass is 15.0. The minimum absolute atomic E-state index is 1.23. The number of benzene rings is 8. The number of fused-ring (bicyclic) bond motifs is 11. The van der Waals surface area contributed by atoms with Crippen molar-refractivity contribution in [3.63, 3.8) is 0 Å². The van der Waals surface area contributed by atoms with E-state index in [-0.39, 0.29) is 0 Å². The highest BCUT2D eigenvalue weighted by Crippen LogP contribution is 2.43. The van der Waals surface area contributed by atoms with Crippen LogP contribution in [0.25, 0.3) is 87.0 Å². The molecule has 0 unspecified atom stereocenters. The molecule has 48 heavy (non-hydrogen) atoms. The summed E-state index contributed by atoms with van der Waals surface area (Å²) in [6.07, 6.45) is 0. The minimum Gasteiger partial charge on any atom is -0.312 e. The second kappa shape index (κ2) is 9.82. The summed E-state index contributed by atoms with van der Waals surface area (Å²) in [5.74, 6) is 0. The second-order valence-corrected chi connectivity index (χ2v) is 13.4. The van der Waals surface area contributed by atoms with E-state index in [4.69, 9.17) is 0 Å². The fraction of sp³-hybridized carbons (Fsp3) is 0.0870. The number of aryl methyl sites for hydroxylation is 2. The molecular formula is C46H34N2. The predicted octanol–water partition coefficient (Wildman–Crippen LogP) is 12.6. The molecule has 0 aliphatic heterocycles. The first kappa shape index (κ1) is 27.3. The largest absolute Gasteiger partial charge is 0.312 e. The minimum atomic E-state index is 1.23. The predicted molar refractivity (Wildman–Crippen MR) is 207 cm³/mol. The Bertz CT molecular complexity index is 2780. The van der Waals surface area contributed by atoms with Crippen molar-refractivity contribution < 1.29 is 0 Å². The van der Waals surface area contributed by atoms with Gasteiger partial charge < -0.3 is 9.13 Å². The van der Waals surface area contributed by atoms with Crippen LogP contribution in [0.2, 0.25) is 0 Å². The third-order valence-corrected chi connectivity index (χ3v) is 11.1. The molecular weight excluding hydrogens is 581 g/mol. The van der Waals surface area contributed by atoms with Crippen LogP contribution in [0.15, 0.2) is 133 Å². The number of aromatic nitrogens is 2. The van der Waals surface area contributed by atoms with Gasteiger partial charge >= 0.3 is 0 Å². The molecule has 0 saturated carbocycles. The van der Waals surface area contributed by atoms with E-state index >= 15 is 0 Å². The summed E-state index contributed by atoms with van der Waals surface area (Å²) in [5, 5.41) is 15.4. The molecule has 0 aliphatic rings. The van der Waals surface area contributed by atoms with Crippen LogP contribution < -0.4 is 0 Å². The van der Waals surface area contributed by atoms with Crippen molar-refractivity contribution in [3.05, 3.63) is 156 Å². The topological polar surface area (TPSA) is 9.86 Å². The normalized spacial score (nSPS) is 12.2. The molecule has 0 amide bonds. The molecule has 0 aliphatic carbocycles. The molecule has 2 nitrogen and oxygen atoms in total. The molecule has 0 spiro atoms. The average molecular weight is 615 g/mol. The van der Waals surface area contributed by atoms with Crippen LogP contribution >= 0.6 is 0 Å². The van der Waals surface area contributed by atoms with Crippen LogP contribution in [0.4, 0.5) is 0 Å². The monoisotopic (exact) mass is 614 g/mol. The van der Waals surface area contributed by atoms with E-state index in [1.165, 1.54) is 110 Å². The van der Waals surface area contributed by atoms with Gasteiger partial charge in [-0.1, -0.05) is 121 Å². The van der Waals surface area contributed by atoms with Gasteiger partial charge in [-0.25, -0.2) is 0 Å². The van der Waals surface area contributed by atoms with Gasteiger partial charge in [-0.2, -0.15) is 0 Å². The lowest BCUT2D eigenvalue weighted by Crippen LogP contribution is -2.00. The lowest BCUT2D eigenvalue weighted by Gasteiger charge is -2.17. The summed E-state index contributed by atoms with van der Waals surface area (Å²) in [5.41, 5.74) is 10.2. The Balaban J connectivity index is 1.37. The summed E-state index contributed by atoms with van der Waals surface area (Å²) in [4.78, 5) is 0. The van der Waals surface area contributed by atoms with E-state index in [0.717, 1.165) is 0 Å². The quantitative estimate of drug-likeness (QED) is 0.171. The Labute approximate surface area is 279 Å². The molecule has 0 radical (unpaired) electrons. The maximum absolute atomic E-state index is 2.53. The van der Waals surface area contributed by atoms with E-state index in [0.29, 0.717) is 0 Å². The Morgan fingerprint density at radius 1 is 0.312 bits per heavy atom. The van der Waals surface area contributed by atoms with Crippen molar-refractivity contribution >= 4 is 75.7 Å². The smallest absolute Gasteiger partial charge is 0.0613 e. The summed E-state index contributed by atoms with van der Waals surface area (Å²) in [6, 6.07) is 49.5. The van der Waals surface area contributed by atoms with Gasteiger partial charge in [-0.05, 0) is 83.3 Å². The first-order valence-corrected chi connectivity index (χ1v) is 16.9. The van der Waals surface area contributed by atoms with Crippen LogP contribution in [0.3, 0.4) is 0 Å². The first-order valence-electron chi connectivity index (χ1n) is 16.9. The molecule has 0 fully saturated rings. The molecule has 0 saturated heterocycles. The molecule has 2 heterocycles. The summed E-state index contributed by atoms with van der Waals surface area (Å²) < 4.78 is 5.07. The molecule has 2 heteroatoms. The third kappa shape index (κ3) is 3.52. The van der Waals surface area contributed by atoms with Gasteiger partial charge in [0.05, 0.1) is 22.4 Å². The van der Waals surface area contributed by atoms with Crippen molar-refractivity contribution in [1.82, 2.24) is 9.13 Å². The summed E-state index contributed by atoms with van der Waals surface area (Å²) in [6.45, 7) is 9.11. The summed E-state index contributed by atoms with van der Waals surface area (Å²) in [7, 11) is 0. The summed E-state index contributed by atoms with van der Waals surface area (Å²) >= 11 is 0. The molecule has 8 aromatic carbocycles. The molecule has 10 rings (SSSR count). The van der Waals surface area contributed by atoms with Gasteiger partial charge in [-0.15, -0.1) is 0 Å². The maximum Gasteiger partial charge on any atom is 0.0613 e. The number of hydrogen-bond donors (Lipinski definition) is 0. The number of rotatable bonds is 2. The standard InChI is InChI=1S/C46H34N2/c1-27-29(3)47(43-25-31-13-5-7-15-35(31)37-17-9-11-19-39(37)43)45-33(27)21-23-42-41(45)24-22-34-28(2)30(4)48(46(34)42)44-26-32-14-6-8-16-36(32)38-18-10-12-20-40(38)44/h5-26H,1-4H3. The Morgan fingerprint density at radius 3 is 1.06 bits per heavy atom. The van der Waals surface area contributed by atoms with E-state index in [2.05, 4.69) is 170 Å². The van der Waals surface area contributed by atoms with Crippen LogP contribution in [0.5, 0.6) is 0 Å². The van der Waals surface area contributed by atoms with Gasteiger partial charge in [0.15, 0.2) is 0 Å². The molecule has 10 aromatic rings. The van der Waals surface area contributed by atoms with Crippen LogP contribution in [-0.4, -0.2) is 9.13 Å². The van der Waals surface area contributed by atoms with E-state index in [1.807, 2.05) is 0 Å². The lowest BCUT2D eigenvalue weighted by molar-refractivity contribution is 1.05. The Morgan fingerprint density at radius 2 is 0.646 bits per heavy atom. The third-order valence-electron chi connectivity index (χ3n) is 11.1. The van der Waals surface area contributed by atoms with Crippen LogP contribution in [0.1, 0.15) is 22.5 Å². The van der Waals surface area contributed by atoms with Crippen molar-refractivity contribution in [2.75, 3.05) is 0 Å². The van der Waals surface area contributed by atoms with Crippen molar-refractivity contribution in [2.45, 2.75) is 27.7 Å². The van der Waals surface area contributed by atoms with Gasteiger partial charge in [0.25, 0.3) is 0 Å². The highest BCUT2D eigenvalue weighted by molar-refractivity contribution is 6.20. The van der Waals surface area contributed by atoms with Gasteiger partial charge in [0.2, 0.25) is 0 Å². The first-order chi connectivity index (χ1) is 23.5. The van der Waals surface area contributed by atoms with Gasteiger partial charge in [0.1, 0.15) is 0 Å². The van der Waals surface area contributed by atoms with E-state index in [9.17, 15) is 0 Å². The molecule has 0 bridgehead atoms. The Hall–Kier alpha value is -5.86. The van der Waals surface area contributed by atoms with Crippen molar-refractivity contribution in [2.24, 2.45) is 0 Å².